The third-order valence-electron chi connectivity index (χ3n) is 4.18. The first-order valence-electron chi connectivity index (χ1n) is 7.47. The van der Waals surface area contributed by atoms with Gasteiger partial charge in [0.25, 0.3) is 5.56 Å². The van der Waals surface area contributed by atoms with E-state index in [1.807, 2.05) is 13.8 Å². The molecule has 0 bridgehead atoms. The van der Waals surface area contributed by atoms with Crippen molar-refractivity contribution in [2.24, 2.45) is 0 Å². The van der Waals surface area contributed by atoms with Crippen LogP contribution in [0.15, 0.2) is 17.4 Å². The van der Waals surface area contributed by atoms with Gasteiger partial charge in [-0.25, -0.2) is 9.97 Å². The summed E-state index contributed by atoms with van der Waals surface area (Å²) in [7, 11) is 0. The Morgan fingerprint density at radius 2 is 2.09 bits per heavy atom. The SMILES string of the molecule is C[C@H](O)[C@H]1O[C@@H](n2cnc3c(=O)[nH]cnc32)[C@@H]2OC(C)(C)O[C@@H]21. The topological polar surface area (TPSA) is 111 Å². The molecule has 2 aromatic rings. The molecule has 0 aliphatic carbocycles. The van der Waals surface area contributed by atoms with Crippen LogP contribution in [0.2, 0.25) is 0 Å². The summed E-state index contributed by atoms with van der Waals surface area (Å²) in [6.07, 6.45) is 0.131. The van der Waals surface area contributed by atoms with Crippen molar-refractivity contribution >= 4 is 11.2 Å². The van der Waals surface area contributed by atoms with Crippen molar-refractivity contribution in [1.29, 1.82) is 0 Å². The van der Waals surface area contributed by atoms with Gasteiger partial charge in [0.15, 0.2) is 23.2 Å². The number of H-pyrrole nitrogens is 1. The number of aromatic nitrogens is 4. The van der Waals surface area contributed by atoms with Gasteiger partial charge in [-0.1, -0.05) is 0 Å². The first-order valence-corrected chi connectivity index (χ1v) is 7.47. The van der Waals surface area contributed by atoms with Crippen molar-refractivity contribution in [2.75, 3.05) is 0 Å². The van der Waals surface area contributed by atoms with Gasteiger partial charge in [0.05, 0.1) is 18.8 Å². The Balaban J connectivity index is 1.78. The van der Waals surface area contributed by atoms with E-state index < -0.39 is 36.4 Å². The summed E-state index contributed by atoms with van der Waals surface area (Å²) in [6, 6.07) is 0. The summed E-state index contributed by atoms with van der Waals surface area (Å²) >= 11 is 0. The summed E-state index contributed by atoms with van der Waals surface area (Å²) < 4.78 is 19.4. The minimum absolute atomic E-state index is 0.228. The molecule has 2 aliphatic rings. The summed E-state index contributed by atoms with van der Waals surface area (Å²) in [5.74, 6) is -0.772. The highest BCUT2D eigenvalue weighted by Gasteiger charge is 2.57. The van der Waals surface area contributed by atoms with E-state index in [0.717, 1.165) is 0 Å². The molecule has 0 saturated carbocycles. The van der Waals surface area contributed by atoms with Gasteiger partial charge in [-0.3, -0.25) is 9.36 Å². The van der Waals surface area contributed by atoms with Crippen LogP contribution in [0.1, 0.15) is 27.0 Å². The van der Waals surface area contributed by atoms with E-state index >= 15 is 0 Å². The van der Waals surface area contributed by atoms with Gasteiger partial charge in [-0.15, -0.1) is 0 Å². The normalized spacial score (nSPS) is 33.9. The van der Waals surface area contributed by atoms with Gasteiger partial charge < -0.3 is 24.3 Å². The second kappa shape index (κ2) is 4.84. The zero-order valence-electron chi connectivity index (χ0n) is 13.0. The lowest BCUT2D eigenvalue weighted by molar-refractivity contribution is -0.205. The number of aliphatic hydroxyl groups excluding tert-OH is 1. The van der Waals surface area contributed by atoms with Crippen LogP contribution in [0, 0.1) is 0 Å². The molecule has 0 spiro atoms. The second-order valence-electron chi connectivity index (χ2n) is 6.35. The molecule has 2 saturated heterocycles. The molecule has 0 unspecified atom stereocenters. The smallest absolute Gasteiger partial charge is 0.278 e. The number of aliphatic hydroxyl groups is 1. The minimum Gasteiger partial charge on any atom is -0.391 e. The summed E-state index contributed by atoms with van der Waals surface area (Å²) in [4.78, 5) is 22.6. The molecule has 23 heavy (non-hydrogen) atoms. The predicted molar refractivity (Wildman–Crippen MR) is 77.6 cm³/mol. The summed E-state index contributed by atoms with van der Waals surface area (Å²) in [6.45, 7) is 5.28. The number of fused-ring (bicyclic) bond motifs is 2. The lowest BCUT2D eigenvalue weighted by Gasteiger charge is -2.25. The number of nitrogens with one attached hydrogen (secondary N) is 1. The first kappa shape index (κ1) is 14.8. The molecule has 2 aromatic heterocycles. The molecule has 124 valence electrons. The van der Waals surface area contributed by atoms with Gasteiger partial charge in [0.2, 0.25) is 0 Å². The Kier molecular flexibility index (Phi) is 3.11. The number of rotatable bonds is 2. The Morgan fingerprint density at radius 1 is 1.35 bits per heavy atom. The average Bonchev–Trinajstić information content (AvgIpc) is 3.09. The Morgan fingerprint density at radius 3 is 2.83 bits per heavy atom. The zero-order chi connectivity index (χ0) is 16.4. The van der Waals surface area contributed by atoms with E-state index in [4.69, 9.17) is 14.2 Å². The monoisotopic (exact) mass is 322 g/mol. The van der Waals surface area contributed by atoms with Crippen molar-refractivity contribution < 1.29 is 19.3 Å². The highest BCUT2D eigenvalue weighted by atomic mass is 16.8. The standard InChI is InChI=1S/C14H18N4O5/c1-6(19)8-9-10(23-14(2,3)22-9)13(21-8)18-5-17-7-11(18)15-4-16-12(7)20/h4-6,8-10,13,19H,1-3H3,(H,15,16,20)/t6-,8+,9+,10+,13+/m0/s1. The first-order chi connectivity index (χ1) is 10.9. The molecule has 0 aromatic carbocycles. The van der Waals surface area contributed by atoms with Crippen LogP contribution in [-0.2, 0) is 14.2 Å². The van der Waals surface area contributed by atoms with Gasteiger partial charge in [0, 0.05) is 0 Å². The molecular weight excluding hydrogens is 304 g/mol. The summed E-state index contributed by atoms with van der Waals surface area (Å²) in [5, 5.41) is 9.99. The number of imidazole rings is 1. The van der Waals surface area contributed by atoms with Crippen molar-refractivity contribution in [3.8, 4) is 0 Å². The Hall–Kier alpha value is -1.81. The Bertz CT molecular complexity index is 798. The third kappa shape index (κ3) is 2.19. The average molecular weight is 322 g/mol. The van der Waals surface area contributed by atoms with Gasteiger partial charge in [-0.2, -0.15) is 0 Å². The second-order valence-corrected chi connectivity index (χ2v) is 6.35. The predicted octanol–water partition coefficient (Wildman–Crippen LogP) is -0.0821. The largest absolute Gasteiger partial charge is 0.391 e. The fourth-order valence-electron chi connectivity index (χ4n) is 3.27. The molecule has 0 amide bonds. The lowest BCUT2D eigenvalue weighted by atomic mass is 10.1. The molecular formula is C14H18N4O5. The van der Waals surface area contributed by atoms with Crippen molar-refractivity contribution in [3.05, 3.63) is 23.0 Å². The maximum absolute atomic E-state index is 11.8. The molecule has 9 nitrogen and oxygen atoms in total. The fraction of sp³-hybridized carbons (Fsp3) is 0.643. The fourth-order valence-corrected chi connectivity index (χ4v) is 3.27. The van der Waals surface area contributed by atoms with Crippen LogP contribution in [0.5, 0.6) is 0 Å². The van der Waals surface area contributed by atoms with Crippen LogP contribution in [0.25, 0.3) is 11.2 Å². The number of ether oxygens (including phenoxy) is 3. The molecule has 5 atom stereocenters. The highest BCUT2D eigenvalue weighted by molar-refractivity contribution is 5.68. The number of nitrogens with zero attached hydrogens (tertiary/aromatic N) is 3. The van der Waals surface area contributed by atoms with Crippen molar-refractivity contribution in [1.82, 2.24) is 19.5 Å². The molecule has 9 heteroatoms. The Labute approximate surface area is 131 Å². The van der Waals surface area contributed by atoms with Gasteiger partial charge >= 0.3 is 0 Å². The van der Waals surface area contributed by atoms with Crippen LogP contribution in [-0.4, -0.2) is 54.8 Å². The maximum atomic E-state index is 11.8. The van der Waals surface area contributed by atoms with E-state index in [0.29, 0.717) is 5.65 Å². The van der Waals surface area contributed by atoms with Crippen molar-refractivity contribution in [3.63, 3.8) is 0 Å². The van der Waals surface area contributed by atoms with E-state index in [1.165, 1.54) is 12.7 Å². The summed E-state index contributed by atoms with van der Waals surface area (Å²) in [5.41, 5.74) is 0.308. The van der Waals surface area contributed by atoms with Gasteiger partial charge in [0.1, 0.15) is 18.3 Å². The van der Waals surface area contributed by atoms with E-state index in [1.54, 1.807) is 11.5 Å². The zero-order valence-corrected chi connectivity index (χ0v) is 13.0. The maximum Gasteiger partial charge on any atom is 0.278 e. The number of aromatic amines is 1. The van der Waals surface area contributed by atoms with E-state index in [-0.39, 0.29) is 11.1 Å². The molecule has 2 N–H and O–H groups in total. The molecule has 4 heterocycles. The van der Waals surface area contributed by atoms with Crippen molar-refractivity contribution in [2.45, 2.75) is 57.2 Å². The molecule has 4 rings (SSSR count). The van der Waals surface area contributed by atoms with Crippen LogP contribution in [0.3, 0.4) is 0 Å². The number of hydrogen-bond donors (Lipinski definition) is 2. The van der Waals surface area contributed by atoms with E-state index in [9.17, 15) is 9.90 Å². The van der Waals surface area contributed by atoms with Crippen LogP contribution >= 0.6 is 0 Å². The lowest BCUT2D eigenvalue weighted by Crippen LogP contribution is -2.36. The molecule has 0 radical (unpaired) electrons. The quantitative estimate of drug-likeness (QED) is 0.795. The van der Waals surface area contributed by atoms with E-state index in [2.05, 4.69) is 15.0 Å². The molecule has 2 aliphatic heterocycles. The van der Waals surface area contributed by atoms with Crippen LogP contribution < -0.4 is 5.56 Å². The van der Waals surface area contributed by atoms with Gasteiger partial charge in [-0.05, 0) is 20.8 Å². The minimum atomic E-state index is -0.772. The number of hydrogen-bond acceptors (Lipinski definition) is 7. The molecule has 2 fully saturated rings. The highest BCUT2D eigenvalue weighted by Crippen LogP contribution is 2.44. The third-order valence-corrected chi connectivity index (χ3v) is 4.18. The van der Waals surface area contributed by atoms with Crippen LogP contribution in [0.4, 0.5) is 0 Å².